The molecular formula is C19H29N3O2. The molecule has 0 atom stereocenters. The molecule has 0 aromatic heterocycles. The summed E-state index contributed by atoms with van der Waals surface area (Å²) in [5.41, 5.74) is 1.55. The lowest BCUT2D eigenvalue weighted by molar-refractivity contribution is -0.125. The minimum absolute atomic E-state index is 0.0120. The van der Waals surface area contributed by atoms with Gasteiger partial charge in [-0.1, -0.05) is 20.8 Å². The second kappa shape index (κ2) is 7.69. The predicted molar refractivity (Wildman–Crippen MR) is 98.1 cm³/mol. The summed E-state index contributed by atoms with van der Waals surface area (Å²) in [7, 11) is 0. The first-order chi connectivity index (χ1) is 11.3. The van der Waals surface area contributed by atoms with E-state index in [1.165, 1.54) is 0 Å². The molecule has 0 saturated carbocycles. The van der Waals surface area contributed by atoms with Crippen molar-refractivity contribution in [1.82, 2.24) is 5.32 Å². The van der Waals surface area contributed by atoms with Gasteiger partial charge in [0.1, 0.15) is 0 Å². The Morgan fingerprint density at radius 3 is 2.21 bits per heavy atom. The maximum absolute atomic E-state index is 12.0. The molecule has 2 amide bonds. The highest BCUT2D eigenvalue weighted by atomic mass is 16.2. The van der Waals surface area contributed by atoms with Crippen LogP contribution in [-0.4, -0.2) is 31.4 Å². The number of amides is 2. The number of anilines is 2. The molecule has 0 spiro atoms. The average Bonchev–Trinajstić information content (AvgIpc) is 2.55. The molecule has 1 saturated heterocycles. The topological polar surface area (TPSA) is 61.4 Å². The van der Waals surface area contributed by atoms with Crippen LogP contribution in [0.2, 0.25) is 0 Å². The van der Waals surface area contributed by atoms with Gasteiger partial charge in [-0.2, -0.15) is 0 Å². The Morgan fingerprint density at radius 1 is 1.12 bits per heavy atom. The summed E-state index contributed by atoms with van der Waals surface area (Å²) in [4.78, 5) is 26.2. The Bertz CT molecular complexity index is 567. The molecule has 1 aliphatic rings. The van der Waals surface area contributed by atoms with Crippen LogP contribution in [-0.2, 0) is 9.59 Å². The summed E-state index contributed by atoms with van der Waals surface area (Å²) >= 11 is 0. The van der Waals surface area contributed by atoms with Gasteiger partial charge < -0.3 is 15.5 Å². The summed E-state index contributed by atoms with van der Waals surface area (Å²) in [5.74, 6) is 0.321. The van der Waals surface area contributed by atoms with Crippen molar-refractivity contribution in [2.75, 3.05) is 29.9 Å². The Hall–Kier alpha value is -2.04. The fourth-order valence-corrected chi connectivity index (χ4v) is 2.79. The number of carbonyl (C=O) groups is 2. The molecule has 1 aliphatic heterocycles. The molecule has 0 unspecified atom stereocenters. The van der Waals surface area contributed by atoms with Crippen LogP contribution in [0.4, 0.5) is 11.4 Å². The standard InChI is InChI=1S/C19H29N3O2/c1-5-20-17(23)14-10-12-22(13-11-14)16-8-6-15(7-9-16)21-18(24)19(2,3)4/h6-9,14H,5,10-13H2,1-4H3,(H,20,23)(H,21,24). The van der Waals surface area contributed by atoms with Gasteiger partial charge >= 0.3 is 0 Å². The summed E-state index contributed by atoms with van der Waals surface area (Å²) in [6.07, 6.45) is 1.77. The molecule has 24 heavy (non-hydrogen) atoms. The molecule has 1 aromatic rings. The highest BCUT2D eigenvalue weighted by Crippen LogP contribution is 2.25. The second-order valence-electron chi connectivity index (χ2n) is 7.41. The smallest absolute Gasteiger partial charge is 0.229 e. The maximum Gasteiger partial charge on any atom is 0.229 e. The quantitative estimate of drug-likeness (QED) is 0.891. The molecule has 2 rings (SSSR count). The summed E-state index contributed by atoms with van der Waals surface area (Å²) in [5, 5.41) is 5.85. The van der Waals surface area contributed by atoms with Crippen molar-refractivity contribution in [3.8, 4) is 0 Å². The van der Waals surface area contributed by atoms with Gasteiger partial charge in [-0.3, -0.25) is 9.59 Å². The SMILES string of the molecule is CCNC(=O)C1CCN(c2ccc(NC(=O)C(C)(C)C)cc2)CC1. The lowest BCUT2D eigenvalue weighted by Gasteiger charge is -2.33. The van der Waals surface area contributed by atoms with Gasteiger partial charge in [-0.05, 0) is 44.0 Å². The van der Waals surface area contributed by atoms with Crippen LogP contribution in [0, 0.1) is 11.3 Å². The van der Waals surface area contributed by atoms with E-state index in [2.05, 4.69) is 15.5 Å². The van der Waals surface area contributed by atoms with Crippen LogP contribution in [0.25, 0.3) is 0 Å². The van der Waals surface area contributed by atoms with Crippen molar-refractivity contribution in [2.24, 2.45) is 11.3 Å². The van der Waals surface area contributed by atoms with Crippen molar-refractivity contribution >= 4 is 23.2 Å². The first-order valence-electron chi connectivity index (χ1n) is 8.75. The molecule has 0 aliphatic carbocycles. The van der Waals surface area contributed by atoms with E-state index in [0.29, 0.717) is 6.54 Å². The molecule has 1 aromatic carbocycles. The second-order valence-corrected chi connectivity index (χ2v) is 7.41. The van der Waals surface area contributed by atoms with E-state index in [4.69, 9.17) is 0 Å². The van der Waals surface area contributed by atoms with E-state index in [0.717, 1.165) is 37.3 Å². The Kier molecular flexibility index (Phi) is 5.86. The van der Waals surface area contributed by atoms with E-state index < -0.39 is 5.41 Å². The molecule has 5 nitrogen and oxygen atoms in total. The zero-order valence-electron chi connectivity index (χ0n) is 15.2. The van der Waals surface area contributed by atoms with Crippen molar-refractivity contribution in [1.29, 1.82) is 0 Å². The molecular weight excluding hydrogens is 302 g/mol. The monoisotopic (exact) mass is 331 g/mol. The highest BCUT2D eigenvalue weighted by Gasteiger charge is 2.25. The third kappa shape index (κ3) is 4.73. The van der Waals surface area contributed by atoms with Gasteiger partial charge in [0.2, 0.25) is 11.8 Å². The molecule has 0 radical (unpaired) electrons. The zero-order valence-corrected chi connectivity index (χ0v) is 15.2. The number of hydrogen-bond donors (Lipinski definition) is 2. The van der Waals surface area contributed by atoms with Crippen molar-refractivity contribution in [2.45, 2.75) is 40.5 Å². The first-order valence-corrected chi connectivity index (χ1v) is 8.75. The van der Waals surface area contributed by atoms with Crippen LogP contribution in [0.15, 0.2) is 24.3 Å². The van der Waals surface area contributed by atoms with Gasteiger partial charge in [0.15, 0.2) is 0 Å². The van der Waals surface area contributed by atoms with E-state index >= 15 is 0 Å². The minimum atomic E-state index is -0.403. The predicted octanol–water partition coefficient (Wildman–Crippen LogP) is 3.02. The maximum atomic E-state index is 12.0. The van der Waals surface area contributed by atoms with E-state index in [-0.39, 0.29) is 17.7 Å². The minimum Gasteiger partial charge on any atom is -0.371 e. The molecule has 0 bridgehead atoms. The van der Waals surface area contributed by atoms with E-state index in [9.17, 15) is 9.59 Å². The van der Waals surface area contributed by atoms with Crippen LogP contribution < -0.4 is 15.5 Å². The first kappa shape index (κ1) is 18.3. The Labute approximate surface area is 144 Å². The Balaban J connectivity index is 1.90. The molecule has 1 fully saturated rings. The van der Waals surface area contributed by atoms with Crippen LogP contribution in [0.1, 0.15) is 40.5 Å². The summed E-state index contributed by atoms with van der Waals surface area (Å²) in [6.45, 7) is 10.1. The van der Waals surface area contributed by atoms with Crippen LogP contribution in [0.5, 0.6) is 0 Å². The van der Waals surface area contributed by atoms with Crippen LogP contribution in [0.3, 0.4) is 0 Å². The van der Waals surface area contributed by atoms with Gasteiger partial charge in [0, 0.05) is 42.3 Å². The zero-order chi connectivity index (χ0) is 17.7. The van der Waals surface area contributed by atoms with Crippen LogP contribution >= 0.6 is 0 Å². The number of carbonyl (C=O) groups excluding carboxylic acids is 2. The summed E-state index contributed by atoms with van der Waals surface area (Å²) < 4.78 is 0. The average molecular weight is 331 g/mol. The lowest BCUT2D eigenvalue weighted by Crippen LogP contribution is -2.40. The number of piperidine rings is 1. The third-order valence-electron chi connectivity index (χ3n) is 4.39. The van der Waals surface area contributed by atoms with Gasteiger partial charge in [-0.15, -0.1) is 0 Å². The molecule has 132 valence electrons. The number of hydrogen-bond acceptors (Lipinski definition) is 3. The number of rotatable bonds is 4. The van der Waals surface area contributed by atoms with Gasteiger partial charge in [0.25, 0.3) is 0 Å². The van der Waals surface area contributed by atoms with E-state index in [1.807, 2.05) is 52.0 Å². The Morgan fingerprint density at radius 2 is 1.71 bits per heavy atom. The number of nitrogens with one attached hydrogen (secondary N) is 2. The number of nitrogens with zero attached hydrogens (tertiary/aromatic N) is 1. The van der Waals surface area contributed by atoms with Gasteiger partial charge in [-0.25, -0.2) is 0 Å². The molecule has 5 heteroatoms. The highest BCUT2D eigenvalue weighted by molar-refractivity contribution is 5.94. The fraction of sp³-hybridized carbons (Fsp3) is 0.579. The third-order valence-corrected chi connectivity index (χ3v) is 4.39. The fourth-order valence-electron chi connectivity index (χ4n) is 2.79. The molecule has 2 N–H and O–H groups in total. The van der Waals surface area contributed by atoms with E-state index in [1.54, 1.807) is 0 Å². The molecule has 1 heterocycles. The largest absolute Gasteiger partial charge is 0.371 e. The lowest BCUT2D eigenvalue weighted by atomic mass is 9.95. The van der Waals surface area contributed by atoms with Crippen molar-refractivity contribution in [3.63, 3.8) is 0 Å². The van der Waals surface area contributed by atoms with Crippen molar-refractivity contribution < 1.29 is 9.59 Å². The normalized spacial score (nSPS) is 15.9. The number of benzene rings is 1. The summed E-state index contributed by atoms with van der Waals surface area (Å²) in [6, 6.07) is 7.94. The van der Waals surface area contributed by atoms with Crippen molar-refractivity contribution in [3.05, 3.63) is 24.3 Å². The van der Waals surface area contributed by atoms with Gasteiger partial charge in [0.05, 0.1) is 0 Å².